The van der Waals surface area contributed by atoms with Gasteiger partial charge in [-0.1, -0.05) is 20.8 Å². The molecule has 1 aliphatic rings. The minimum absolute atomic E-state index is 0.0812. The zero-order chi connectivity index (χ0) is 11.9. The summed E-state index contributed by atoms with van der Waals surface area (Å²) in [6, 6.07) is -0.0812. The van der Waals surface area contributed by atoms with Crippen LogP contribution in [0.5, 0.6) is 0 Å². The van der Waals surface area contributed by atoms with E-state index in [1.54, 1.807) is 0 Å². The molecule has 0 aromatic carbocycles. The molecule has 1 rings (SSSR count). The third-order valence-electron chi connectivity index (χ3n) is 3.93. The van der Waals surface area contributed by atoms with E-state index in [1.807, 2.05) is 27.7 Å². The highest BCUT2D eigenvalue weighted by Gasteiger charge is 2.50. The van der Waals surface area contributed by atoms with Crippen LogP contribution >= 0.6 is 0 Å². The van der Waals surface area contributed by atoms with Crippen molar-refractivity contribution in [3.8, 4) is 0 Å². The van der Waals surface area contributed by atoms with Gasteiger partial charge < -0.3 is 15.7 Å². The highest BCUT2D eigenvalue weighted by Crippen LogP contribution is 2.41. The number of rotatable bonds is 0. The molecular weight excluding hydrogens is 192 g/mol. The minimum atomic E-state index is -0.859. The Morgan fingerprint density at radius 1 is 1.53 bits per heavy atom. The number of nitrogens with two attached hydrogens (primary N) is 1. The monoisotopic (exact) mass is 214 g/mol. The van der Waals surface area contributed by atoms with E-state index in [0.717, 1.165) is 12.8 Å². The van der Waals surface area contributed by atoms with Gasteiger partial charge in [0.2, 0.25) is 0 Å². The van der Waals surface area contributed by atoms with E-state index in [2.05, 4.69) is 0 Å². The molecule has 0 aromatic heterocycles. The molecule has 0 radical (unpaired) electrons. The number of nitrogens with zero attached hydrogens (tertiary/aromatic N) is 1. The fourth-order valence-corrected chi connectivity index (χ4v) is 2.44. The highest BCUT2D eigenvalue weighted by atomic mass is 16.4. The second-order valence-corrected chi connectivity index (χ2v) is 5.58. The quantitative estimate of drug-likeness (QED) is 0.647. The van der Waals surface area contributed by atoms with Crippen LogP contribution in [0.1, 0.15) is 40.5 Å². The van der Waals surface area contributed by atoms with Gasteiger partial charge in [0, 0.05) is 12.6 Å². The van der Waals surface area contributed by atoms with E-state index < -0.39 is 11.6 Å². The third kappa shape index (κ3) is 1.83. The zero-order valence-electron chi connectivity index (χ0n) is 10.1. The molecule has 0 aliphatic carbocycles. The van der Waals surface area contributed by atoms with Gasteiger partial charge in [0.05, 0.1) is 5.54 Å². The van der Waals surface area contributed by atoms with Crippen molar-refractivity contribution in [2.75, 3.05) is 6.54 Å². The normalized spacial score (nSPS) is 32.9. The molecule has 1 aliphatic heterocycles. The van der Waals surface area contributed by atoms with Crippen LogP contribution in [0.15, 0.2) is 0 Å². The van der Waals surface area contributed by atoms with Crippen LogP contribution in [0.25, 0.3) is 0 Å². The molecule has 0 spiro atoms. The molecule has 1 fully saturated rings. The maximum Gasteiger partial charge on any atom is 0.407 e. The zero-order valence-corrected chi connectivity index (χ0v) is 10.1. The highest BCUT2D eigenvalue weighted by molar-refractivity contribution is 5.66. The van der Waals surface area contributed by atoms with Crippen LogP contribution in [0.3, 0.4) is 0 Å². The third-order valence-corrected chi connectivity index (χ3v) is 3.93. The first-order valence-corrected chi connectivity index (χ1v) is 5.47. The molecule has 0 bridgehead atoms. The summed E-state index contributed by atoms with van der Waals surface area (Å²) >= 11 is 0. The molecule has 0 saturated carbocycles. The molecule has 88 valence electrons. The van der Waals surface area contributed by atoms with Crippen molar-refractivity contribution in [1.29, 1.82) is 0 Å². The fraction of sp³-hybridized carbons (Fsp3) is 0.909. The van der Waals surface area contributed by atoms with Crippen LogP contribution < -0.4 is 5.73 Å². The summed E-state index contributed by atoms with van der Waals surface area (Å²) in [6.45, 7) is 8.71. The molecule has 3 N–H and O–H groups in total. The van der Waals surface area contributed by atoms with E-state index in [4.69, 9.17) is 5.73 Å². The second kappa shape index (κ2) is 3.67. The SMILES string of the molecule is CC(C)(C)C1(C)C(N)CCCN1C(=O)O. The number of piperidine rings is 1. The number of hydrogen-bond donors (Lipinski definition) is 2. The average molecular weight is 214 g/mol. The smallest absolute Gasteiger partial charge is 0.407 e. The summed E-state index contributed by atoms with van der Waals surface area (Å²) in [5.41, 5.74) is 5.50. The largest absolute Gasteiger partial charge is 0.465 e. The summed E-state index contributed by atoms with van der Waals surface area (Å²) < 4.78 is 0. The number of carboxylic acid groups (broad SMARTS) is 1. The van der Waals surface area contributed by atoms with Crippen LogP contribution in [0.2, 0.25) is 0 Å². The van der Waals surface area contributed by atoms with Crippen molar-refractivity contribution < 1.29 is 9.90 Å². The molecule has 4 heteroatoms. The molecule has 1 amide bonds. The summed E-state index contributed by atoms with van der Waals surface area (Å²) in [4.78, 5) is 12.7. The number of carbonyl (C=O) groups is 1. The summed E-state index contributed by atoms with van der Waals surface area (Å²) in [7, 11) is 0. The van der Waals surface area contributed by atoms with Crippen molar-refractivity contribution in [3.63, 3.8) is 0 Å². The lowest BCUT2D eigenvalue weighted by atomic mass is 9.66. The maximum atomic E-state index is 11.2. The van der Waals surface area contributed by atoms with Gasteiger partial charge in [0.25, 0.3) is 0 Å². The first kappa shape index (κ1) is 12.3. The van der Waals surface area contributed by atoms with Gasteiger partial charge in [0.1, 0.15) is 0 Å². The van der Waals surface area contributed by atoms with Crippen molar-refractivity contribution in [1.82, 2.24) is 4.90 Å². The fourth-order valence-electron chi connectivity index (χ4n) is 2.44. The lowest BCUT2D eigenvalue weighted by Gasteiger charge is -2.54. The summed E-state index contributed by atoms with van der Waals surface area (Å²) in [5, 5.41) is 9.23. The topological polar surface area (TPSA) is 66.6 Å². The molecule has 1 heterocycles. The van der Waals surface area contributed by atoms with Gasteiger partial charge in [-0.3, -0.25) is 0 Å². The molecule has 2 unspecified atom stereocenters. The predicted molar refractivity (Wildman–Crippen MR) is 59.8 cm³/mol. The van der Waals surface area contributed by atoms with Crippen LogP contribution in [-0.4, -0.2) is 34.2 Å². The van der Waals surface area contributed by atoms with Gasteiger partial charge in [-0.15, -0.1) is 0 Å². The van der Waals surface area contributed by atoms with Gasteiger partial charge >= 0.3 is 6.09 Å². The van der Waals surface area contributed by atoms with Crippen molar-refractivity contribution in [3.05, 3.63) is 0 Å². The van der Waals surface area contributed by atoms with Crippen LogP contribution in [0.4, 0.5) is 4.79 Å². The molecule has 15 heavy (non-hydrogen) atoms. The van der Waals surface area contributed by atoms with Gasteiger partial charge in [-0.2, -0.15) is 0 Å². The number of likely N-dealkylation sites (tertiary alicyclic amines) is 1. The predicted octanol–water partition coefficient (Wildman–Crippen LogP) is 1.89. The van der Waals surface area contributed by atoms with Gasteiger partial charge in [-0.25, -0.2) is 4.79 Å². The Bertz CT molecular complexity index is 260. The molecular formula is C11H22N2O2. The molecule has 1 saturated heterocycles. The standard InChI is InChI=1S/C11H22N2O2/c1-10(2,3)11(4)8(12)6-5-7-13(11)9(14)15/h8H,5-7,12H2,1-4H3,(H,14,15). The van der Waals surface area contributed by atoms with Crippen molar-refractivity contribution in [2.45, 2.75) is 52.1 Å². The Morgan fingerprint density at radius 2 is 2.07 bits per heavy atom. The molecule has 0 aromatic rings. The Morgan fingerprint density at radius 3 is 2.40 bits per heavy atom. The van der Waals surface area contributed by atoms with Crippen LogP contribution in [-0.2, 0) is 0 Å². The minimum Gasteiger partial charge on any atom is -0.465 e. The van der Waals surface area contributed by atoms with Gasteiger partial charge in [-0.05, 0) is 25.2 Å². The lowest BCUT2D eigenvalue weighted by Crippen LogP contribution is -2.68. The van der Waals surface area contributed by atoms with E-state index in [0.29, 0.717) is 6.54 Å². The van der Waals surface area contributed by atoms with E-state index in [-0.39, 0.29) is 11.5 Å². The Balaban J connectivity index is 3.11. The van der Waals surface area contributed by atoms with Crippen LogP contribution in [0, 0.1) is 5.41 Å². The summed E-state index contributed by atoms with van der Waals surface area (Å²) in [6.07, 6.45) is 0.902. The Hall–Kier alpha value is -0.770. The first-order valence-electron chi connectivity index (χ1n) is 5.47. The number of hydrogen-bond acceptors (Lipinski definition) is 2. The molecule has 2 atom stereocenters. The lowest BCUT2D eigenvalue weighted by molar-refractivity contribution is -0.0256. The first-order chi connectivity index (χ1) is 6.71. The average Bonchev–Trinajstić information content (AvgIpc) is 2.07. The van der Waals surface area contributed by atoms with E-state index in [9.17, 15) is 9.90 Å². The number of amides is 1. The Labute approximate surface area is 91.4 Å². The van der Waals surface area contributed by atoms with Crippen molar-refractivity contribution in [2.24, 2.45) is 11.1 Å². The van der Waals surface area contributed by atoms with Gasteiger partial charge in [0.15, 0.2) is 0 Å². The second-order valence-electron chi connectivity index (χ2n) is 5.58. The maximum absolute atomic E-state index is 11.2. The van der Waals surface area contributed by atoms with E-state index >= 15 is 0 Å². The summed E-state index contributed by atoms with van der Waals surface area (Å²) in [5.74, 6) is 0. The Kier molecular flexibility index (Phi) is 3.01. The van der Waals surface area contributed by atoms with Crippen molar-refractivity contribution >= 4 is 6.09 Å². The molecule has 4 nitrogen and oxygen atoms in total. The van der Waals surface area contributed by atoms with E-state index in [1.165, 1.54) is 4.90 Å².